The van der Waals surface area contributed by atoms with Crippen LogP contribution in [0.15, 0.2) is 24.4 Å². The molecule has 1 aliphatic rings. The number of ether oxygens (including phenoxy) is 1. The third-order valence-electron chi connectivity index (χ3n) is 5.29. The van der Waals surface area contributed by atoms with Gasteiger partial charge in [0.05, 0.1) is 35.2 Å². The van der Waals surface area contributed by atoms with Gasteiger partial charge in [-0.05, 0) is 18.2 Å². The van der Waals surface area contributed by atoms with Gasteiger partial charge in [0.2, 0.25) is 0 Å². The second kappa shape index (κ2) is 8.83. The second-order valence-corrected chi connectivity index (χ2v) is 7.29. The molecule has 0 spiro atoms. The summed E-state index contributed by atoms with van der Waals surface area (Å²) in [6.07, 6.45) is -1.69. The van der Waals surface area contributed by atoms with Crippen LogP contribution in [0.3, 0.4) is 0 Å². The summed E-state index contributed by atoms with van der Waals surface area (Å²) >= 11 is 0. The number of alkyl halides is 2. The highest BCUT2D eigenvalue weighted by atomic mass is 19.3. The fourth-order valence-electron chi connectivity index (χ4n) is 3.72. The number of benzene rings is 1. The van der Waals surface area contributed by atoms with Gasteiger partial charge in [0.15, 0.2) is 11.6 Å². The normalized spacial score (nSPS) is 16.7. The van der Waals surface area contributed by atoms with Crippen LogP contribution in [0.4, 0.5) is 22.0 Å². The molecule has 0 radical (unpaired) electrons. The quantitative estimate of drug-likeness (QED) is 0.459. The highest BCUT2D eigenvalue weighted by molar-refractivity contribution is 5.95. The molecule has 170 valence electrons. The summed E-state index contributed by atoms with van der Waals surface area (Å²) in [5, 5.41) is 5.24. The topological polar surface area (TPSA) is 67.7 Å². The van der Waals surface area contributed by atoms with Gasteiger partial charge in [-0.15, -0.1) is 0 Å². The number of carbonyl (C=O) groups excluding carboxylic acids is 1. The van der Waals surface area contributed by atoms with E-state index >= 15 is 0 Å². The Kier molecular flexibility index (Phi) is 6.11. The van der Waals surface area contributed by atoms with Crippen molar-refractivity contribution in [2.75, 3.05) is 26.7 Å². The molecule has 2 aromatic heterocycles. The zero-order chi connectivity index (χ0) is 23.0. The van der Waals surface area contributed by atoms with Gasteiger partial charge in [-0.25, -0.2) is 26.9 Å². The van der Waals surface area contributed by atoms with Crippen molar-refractivity contribution in [3.8, 4) is 11.3 Å². The van der Waals surface area contributed by atoms with E-state index < -0.39 is 40.9 Å². The smallest absolute Gasteiger partial charge is 0.264 e. The number of aromatic nitrogens is 2. The summed E-state index contributed by atoms with van der Waals surface area (Å²) in [5.41, 5.74) is -1.86. The van der Waals surface area contributed by atoms with Crippen molar-refractivity contribution < 1.29 is 31.5 Å². The summed E-state index contributed by atoms with van der Waals surface area (Å²) in [6.45, 7) is 1.52. The number of pyridine rings is 1. The minimum Gasteiger partial charge on any atom is -0.375 e. The molecule has 1 saturated heterocycles. The Hall–Kier alpha value is -3.05. The highest BCUT2D eigenvalue weighted by Crippen LogP contribution is 2.34. The zero-order valence-corrected chi connectivity index (χ0v) is 16.9. The Morgan fingerprint density at radius 1 is 1.31 bits per heavy atom. The minimum absolute atomic E-state index is 0.0196. The lowest BCUT2D eigenvalue weighted by molar-refractivity contribution is 0.0286. The van der Waals surface area contributed by atoms with E-state index in [0.29, 0.717) is 25.8 Å². The molecule has 3 heterocycles. The first kappa shape index (κ1) is 22.2. The van der Waals surface area contributed by atoms with Crippen molar-refractivity contribution in [1.29, 1.82) is 0 Å². The molecule has 4 rings (SSSR count). The molecular weight excluding hydrogens is 435 g/mol. The van der Waals surface area contributed by atoms with Gasteiger partial charge in [0.1, 0.15) is 11.5 Å². The number of fused-ring (bicyclic) bond motifs is 1. The van der Waals surface area contributed by atoms with Crippen molar-refractivity contribution in [2.45, 2.75) is 19.0 Å². The molecule has 11 heteroatoms. The first-order valence-electron chi connectivity index (χ1n) is 9.83. The number of imidazole rings is 1. The molecule has 1 aliphatic heterocycles. The number of hydrogen-bond acceptors (Lipinski definition) is 4. The number of amides is 1. The highest BCUT2D eigenvalue weighted by Gasteiger charge is 2.29. The van der Waals surface area contributed by atoms with Crippen LogP contribution in [0.2, 0.25) is 0 Å². The average molecular weight is 454 g/mol. The van der Waals surface area contributed by atoms with Gasteiger partial charge >= 0.3 is 0 Å². The summed E-state index contributed by atoms with van der Waals surface area (Å²) < 4.78 is 78.0. The Morgan fingerprint density at radius 3 is 2.75 bits per heavy atom. The largest absolute Gasteiger partial charge is 0.375 e. The van der Waals surface area contributed by atoms with Gasteiger partial charge in [0, 0.05) is 38.3 Å². The second-order valence-electron chi connectivity index (χ2n) is 7.29. The van der Waals surface area contributed by atoms with Crippen molar-refractivity contribution in [3.63, 3.8) is 0 Å². The maximum Gasteiger partial charge on any atom is 0.264 e. The number of nitrogens with zero attached hydrogens (tertiary/aromatic N) is 2. The average Bonchev–Trinajstić information content (AvgIpc) is 3.13. The van der Waals surface area contributed by atoms with Gasteiger partial charge in [-0.1, -0.05) is 0 Å². The van der Waals surface area contributed by atoms with Crippen LogP contribution in [0.1, 0.15) is 28.0 Å². The zero-order valence-electron chi connectivity index (χ0n) is 16.9. The van der Waals surface area contributed by atoms with Crippen LogP contribution in [0.25, 0.3) is 16.9 Å². The molecule has 0 saturated carbocycles. The molecule has 1 amide bonds. The lowest BCUT2D eigenvalue weighted by Gasteiger charge is -2.24. The van der Waals surface area contributed by atoms with Crippen molar-refractivity contribution >= 4 is 11.6 Å². The Morgan fingerprint density at radius 2 is 2.09 bits per heavy atom. The predicted molar refractivity (Wildman–Crippen MR) is 105 cm³/mol. The summed E-state index contributed by atoms with van der Waals surface area (Å²) in [6, 6.07) is 2.86. The molecule has 0 bridgehead atoms. The van der Waals surface area contributed by atoms with Crippen LogP contribution < -0.4 is 10.6 Å². The van der Waals surface area contributed by atoms with E-state index in [9.17, 15) is 26.7 Å². The number of morpholine rings is 1. The lowest BCUT2D eigenvalue weighted by Crippen LogP contribution is -2.39. The monoisotopic (exact) mass is 454 g/mol. The predicted octanol–water partition coefficient (Wildman–Crippen LogP) is 3.25. The van der Waals surface area contributed by atoms with E-state index in [1.165, 1.54) is 23.7 Å². The van der Waals surface area contributed by atoms with E-state index in [4.69, 9.17) is 4.74 Å². The fraction of sp³-hybridized carbons (Fsp3) is 0.333. The van der Waals surface area contributed by atoms with Crippen LogP contribution in [-0.2, 0) is 11.2 Å². The van der Waals surface area contributed by atoms with Gasteiger partial charge in [0.25, 0.3) is 12.3 Å². The maximum atomic E-state index is 15.0. The molecule has 6 nitrogen and oxygen atoms in total. The molecule has 0 aliphatic carbocycles. The van der Waals surface area contributed by atoms with Crippen molar-refractivity contribution in [3.05, 3.63) is 58.7 Å². The number of hydrogen-bond donors (Lipinski definition) is 2. The minimum atomic E-state index is -2.77. The van der Waals surface area contributed by atoms with Crippen LogP contribution in [-0.4, -0.2) is 48.1 Å². The Labute approximate surface area is 179 Å². The maximum absolute atomic E-state index is 15.0. The molecular formula is C21H19F5N4O2. The van der Waals surface area contributed by atoms with E-state index in [2.05, 4.69) is 15.6 Å². The van der Waals surface area contributed by atoms with E-state index in [0.717, 1.165) is 6.07 Å². The molecule has 1 fully saturated rings. The summed E-state index contributed by atoms with van der Waals surface area (Å²) in [5.74, 6) is -5.33. The molecule has 0 unspecified atom stereocenters. The lowest BCUT2D eigenvalue weighted by atomic mass is 10.0. The van der Waals surface area contributed by atoms with E-state index in [1.807, 2.05) is 0 Å². The van der Waals surface area contributed by atoms with E-state index in [1.54, 1.807) is 0 Å². The van der Waals surface area contributed by atoms with Crippen LogP contribution in [0.5, 0.6) is 0 Å². The van der Waals surface area contributed by atoms with E-state index in [-0.39, 0.29) is 35.1 Å². The standard InChI is InChI=1S/C21H19F5N4O2/c1-27-21(31)12-8-13(22)16(18(24)17(12)23)19-14(7-11-9-28-3-5-32-11)30-4-2-10(20(25)26)6-15(30)29-19/h2,4,6,8,11,20,28H,3,5,7,9H2,1H3,(H,27,31)/t11-/m0/s1. The molecule has 1 atom stereocenters. The van der Waals surface area contributed by atoms with Crippen molar-refractivity contribution in [2.24, 2.45) is 0 Å². The number of carbonyl (C=O) groups is 1. The van der Waals surface area contributed by atoms with Gasteiger partial charge in [-0.2, -0.15) is 0 Å². The summed E-state index contributed by atoms with van der Waals surface area (Å²) in [4.78, 5) is 15.9. The van der Waals surface area contributed by atoms with Crippen LogP contribution >= 0.6 is 0 Å². The molecule has 1 aromatic carbocycles. The van der Waals surface area contributed by atoms with Crippen molar-refractivity contribution in [1.82, 2.24) is 20.0 Å². The van der Waals surface area contributed by atoms with Gasteiger partial charge < -0.3 is 19.8 Å². The summed E-state index contributed by atoms with van der Waals surface area (Å²) in [7, 11) is 1.20. The molecule has 32 heavy (non-hydrogen) atoms. The van der Waals surface area contributed by atoms with Gasteiger partial charge in [-0.3, -0.25) is 4.79 Å². The van der Waals surface area contributed by atoms with Crippen LogP contribution in [0, 0.1) is 17.5 Å². The molecule has 2 N–H and O–H groups in total. The Bertz CT molecular complexity index is 1170. The number of nitrogens with one attached hydrogen (secondary N) is 2. The number of halogens is 5. The first-order valence-corrected chi connectivity index (χ1v) is 9.83. The first-order chi connectivity index (χ1) is 15.3. The Balaban J connectivity index is 1.92. The fourth-order valence-corrected chi connectivity index (χ4v) is 3.72. The number of rotatable bonds is 5. The SMILES string of the molecule is CNC(=O)c1cc(F)c(-c2nc3cc(C(F)F)ccn3c2C[C@H]2CNCCO2)c(F)c1F. The molecule has 3 aromatic rings. The third-order valence-corrected chi connectivity index (χ3v) is 5.29. The third kappa shape index (κ3) is 3.93.